The zero-order chi connectivity index (χ0) is 22.7. The SMILES string of the molecule is N#Cc1c(SCc2ccccc2Cl)n[nH]c1NC(=O)CCN1C(=O)c2ccccc2C1=O. The molecule has 32 heavy (non-hydrogen) atoms. The summed E-state index contributed by atoms with van der Waals surface area (Å²) in [6.07, 6.45) is -0.114. The predicted molar refractivity (Wildman–Crippen MR) is 119 cm³/mol. The Balaban J connectivity index is 1.37. The van der Waals surface area contributed by atoms with E-state index in [2.05, 4.69) is 15.5 Å². The van der Waals surface area contributed by atoms with Crippen molar-refractivity contribution in [3.8, 4) is 6.07 Å². The summed E-state index contributed by atoms with van der Waals surface area (Å²) in [5, 5.41) is 20.0. The summed E-state index contributed by atoms with van der Waals surface area (Å²) in [5.41, 5.74) is 1.77. The molecule has 0 aliphatic carbocycles. The van der Waals surface area contributed by atoms with Gasteiger partial charge in [-0.15, -0.1) is 0 Å². The Hall–Kier alpha value is -3.61. The smallest absolute Gasteiger partial charge is 0.261 e. The lowest BCUT2D eigenvalue weighted by molar-refractivity contribution is -0.116. The molecular formula is C22H16ClN5O3S. The highest BCUT2D eigenvalue weighted by Crippen LogP contribution is 2.30. The van der Waals surface area contributed by atoms with Gasteiger partial charge in [-0.1, -0.05) is 53.7 Å². The summed E-state index contributed by atoms with van der Waals surface area (Å²) in [7, 11) is 0. The van der Waals surface area contributed by atoms with Crippen LogP contribution >= 0.6 is 23.4 Å². The average Bonchev–Trinajstić information content (AvgIpc) is 3.29. The number of nitrogens with zero attached hydrogens (tertiary/aromatic N) is 3. The van der Waals surface area contributed by atoms with Crippen LogP contribution in [-0.2, 0) is 10.5 Å². The van der Waals surface area contributed by atoms with Gasteiger partial charge < -0.3 is 5.32 Å². The van der Waals surface area contributed by atoms with Crippen LogP contribution in [0.25, 0.3) is 0 Å². The molecule has 2 N–H and O–H groups in total. The number of imide groups is 1. The van der Waals surface area contributed by atoms with E-state index >= 15 is 0 Å². The number of hydrogen-bond acceptors (Lipinski definition) is 6. The molecule has 160 valence electrons. The Bertz CT molecular complexity index is 1230. The number of benzene rings is 2. The van der Waals surface area contributed by atoms with Gasteiger partial charge in [-0.05, 0) is 23.8 Å². The fourth-order valence-electron chi connectivity index (χ4n) is 3.24. The third-order valence-corrected chi connectivity index (χ3v) is 6.27. The summed E-state index contributed by atoms with van der Waals surface area (Å²) >= 11 is 7.48. The number of rotatable bonds is 7. The van der Waals surface area contributed by atoms with Gasteiger partial charge >= 0.3 is 0 Å². The van der Waals surface area contributed by atoms with Crippen LogP contribution in [0.3, 0.4) is 0 Å². The average molecular weight is 466 g/mol. The van der Waals surface area contributed by atoms with Crippen molar-refractivity contribution in [1.82, 2.24) is 15.1 Å². The van der Waals surface area contributed by atoms with E-state index in [4.69, 9.17) is 11.6 Å². The number of hydrogen-bond donors (Lipinski definition) is 2. The molecule has 8 nitrogen and oxygen atoms in total. The second-order valence-corrected chi connectivity index (χ2v) is 8.25. The number of anilines is 1. The fraction of sp³-hybridized carbons (Fsp3) is 0.136. The number of H-pyrrole nitrogens is 1. The van der Waals surface area contributed by atoms with Gasteiger partial charge in [-0.25, -0.2) is 0 Å². The summed E-state index contributed by atoms with van der Waals surface area (Å²) in [4.78, 5) is 38.3. The molecule has 4 rings (SSSR count). The number of nitrogens with one attached hydrogen (secondary N) is 2. The lowest BCUT2D eigenvalue weighted by Crippen LogP contribution is -2.33. The van der Waals surface area contributed by atoms with Crippen LogP contribution in [0.2, 0.25) is 5.02 Å². The molecule has 0 saturated heterocycles. The second kappa shape index (κ2) is 9.26. The maximum atomic E-state index is 12.4. The van der Waals surface area contributed by atoms with Gasteiger partial charge in [0.2, 0.25) is 5.91 Å². The van der Waals surface area contributed by atoms with E-state index in [1.807, 2.05) is 24.3 Å². The third-order valence-electron chi connectivity index (χ3n) is 4.87. The van der Waals surface area contributed by atoms with Crippen LogP contribution in [0.5, 0.6) is 0 Å². The molecule has 2 heterocycles. The zero-order valence-corrected chi connectivity index (χ0v) is 18.2. The van der Waals surface area contributed by atoms with Gasteiger partial charge in [-0.3, -0.25) is 24.4 Å². The number of aromatic nitrogens is 2. The molecule has 0 unspecified atom stereocenters. The van der Waals surface area contributed by atoms with Crippen molar-refractivity contribution in [3.05, 3.63) is 75.8 Å². The molecule has 1 aliphatic rings. The van der Waals surface area contributed by atoms with Gasteiger partial charge in [0.25, 0.3) is 11.8 Å². The monoisotopic (exact) mass is 465 g/mol. The molecule has 3 amide bonds. The molecule has 2 aromatic carbocycles. The molecule has 0 bridgehead atoms. The van der Waals surface area contributed by atoms with E-state index in [0.717, 1.165) is 10.5 Å². The molecule has 10 heteroatoms. The van der Waals surface area contributed by atoms with Gasteiger partial charge in [-0.2, -0.15) is 10.4 Å². The number of aromatic amines is 1. The minimum atomic E-state index is -0.454. The molecule has 0 fully saturated rings. The van der Waals surface area contributed by atoms with E-state index in [1.54, 1.807) is 30.3 Å². The summed E-state index contributed by atoms with van der Waals surface area (Å²) < 4.78 is 0. The number of fused-ring (bicyclic) bond motifs is 1. The first-order valence-electron chi connectivity index (χ1n) is 9.59. The molecule has 0 atom stereocenters. The lowest BCUT2D eigenvalue weighted by atomic mass is 10.1. The largest absolute Gasteiger partial charge is 0.310 e. The molecule has 0 radical (unpaired) electrons. The van der Waals surface area contributed by atoms with E-state index < -0.39 is 17.7 Å². The number of halogens is 1. The predicted octanol–water partition coefficient (Wildman–Crippen LogP) is 3.85. The summed E-state index contributed by atoms with van der Waals surface area (Å²) in [6, 6.07) is 16.0. The number of amides is 3. The Kier molecular flexibility index (Phi) is 6.25. The standard InChI is InChI=1S/C22H16ClN5O3S/c23-17-8-4-1-5-13(17)12-32-20-16(11-24)19(26-27-20)25-18(29)9-10-28-21(30)14-6-2-3-7-15(14)22(28)31/h1-8H,9-10,12H2,(H2,25,26,27,29). The van der Waals surface area contributed by atoms with Crippen molar-refractivity contribution >= 4 is 46.9 Å². The number of carbonyl (C=O) groups is 3. The first-order chi connectivity index (χ1) is 15.5. The van der Waals surface area contributed by atoms with Crippen LogP contribution in [-0.4, -0.2) is 39.4 Å². The van der Waals surface area contributed by atoms with E-state index in [9.17, 15) is 19.6 Å². The minimum Gasteiger partial charge on any atom is -0.310 e. The Morgan fingerprint density at radius 1 is 1.12 bits per heavy atom. The maximum absolute atomic E-state index is 12.4. The zero-order valence-electron chi connectivity index (χ0n) is 16.6. The Morgan fingerprint density at radius 3 is 2.44 bits per heavy atom. The highest BCUT2D eigenvalue weighted by Gasteiger charge is 2.35. The molecule has 0 saturated carbocycles. The third kappa shape index (κ3) is 4.23. The maximum Gasteiger partial charge on any atom is 0.261 e. The molecule has 3 aromatic rings. The highest BCUT2D eigenvalue weighted by molar-refractivity contribution is 7.98. The van der Waals surface area contributed by atoms with Gasteiger partial charge in [0.15, 0.2) is 0 Å². The second-order valence-electron chi connectivity index (χ2n) is 6.88. The highest BCUT2D eigenvalue weighted by atomic mass is 35.5. The van der Waals surface area contributed by atoms with Crippen LogP contribution in [0.4, 0.5) is 5.82 Å². The molecule has 0 spiro atoms. The van der Waals surface area contributed by atoms with Crippen molar-refractivity contribution in [2.45, 2.75) is 17.2 Å². The fourth-order valence-corrected chi connectivity index (χ4v) is 4.47. The normalized spacial score (nSPS) is 12.6. The molecular weight excluding hydrogens is 450 g/mol. The Morgan fingerprint density at radius 2 is 1.78 bits per heavy atom. The van der Waals surface area contributed by atoms with Crippen molar-refractivity contribution < 1.29 is 14.4 Å². The number of nitriles is 1. The van der Waals surface area contributed by atoms with Crippen molar-refractivity contribution in [2.24, 2.45) is 0 Å². The van der Waals surface area contributed by atoms with Crippen molar-refractivity contribution in [1.29, 1.82) is 5.26 Å². The van der Waals surface area contributed by atoms with Crippen LogP contribution in [0.1, 0.15) is 38.3 Å². The first-order valence-corrected chi connectivity index (χ1v) is 11.0. The van der Waals surface area contributed by atoms with Gasteiger partial charge in [0.1, 0.15) is 22.5 Å². The van der Waals surface area contributed by atoms with Crippen LogP contribution in [0, 0.1) is 11.3 Å². The van der Waals surface area contributed by atoms with Crippen LogP contribution < -0.4 is 5.32 Å². The molecule has 1 aromatic heterocycles. The first kappa shape index (κ1) is 21.6. The Labute approximate surface area is 192 Å². The summed E-state index contributed by atoms with van der Waals surface area (Å²) in [5.74, 6) is -0.621. The quantitative estimate of drug-likeness (QED) is 0.404. The van der Waals surface area contributed by atoms with E-state index in [1.165, 1.54) is 11.8 Å². The lowest BCUT2D eigenvalue weighted by Gasteiger charge is -2.13. The summed E-state index contributed by atoms with van der Waals surface area (Å²) in [6.45, 7) is -0.0671. The minimum absolute atomic E-state index is 0.0671. The van der Waals surface area contributed by atoms with Crippen LogP contribution in [0.15, 0.2) is 53.6 Å². The van der Waals surface area contributed by atoms with Crippen molar-refractivity contribution in [2.75, 3.05) is 11.9 Å². The van der Waals surface area contributed by atoms with Gasteiger partial charge in [0, 0.05) is 23.7 Å². The van der Waals surface area contributed by atoms with Crippen molar-refractivity contribution in [3.63, 3.8) is 0 Å². The number of thioether (sulfide) groups is 1. The van der Waals surface area contributed by atoms with E-state index in [-0.39, 0.29) is 24.3 Å². The van der Waals surface area contributed by atoms with E-state index in [0.29, 0.717) is 26.9 Å². The molecule has 1 aliphatic heterocycles. The van der Waals surface area contributed by atoms with Gasteiger partial charge in [0.05, 0.1) is 11.1 Å². The topological polar surface area (TPSA) is 119 Å². The number of carbonyl (C=O) groups excluding carboxylic acids is 3.